The Balaban J connectivity index is 1.38. The zero-order valence-corrected chi connectivity index (χ0v) is 12.1. The number of fused-ring (bicyclic) bond motifs is 1. The SMILES string of the molecule is CC(COc1ccccc1)NCC1NNC2CCCC21. The third kappa shape index (κ3) is 3.32. The summed E-state index contributed by atoms with van der Waals surface area (Å²) < 4.78 is 5.77. The Morgan fingerprint density at radius 2 is 2.10 bits per heavy atom. The van der Waals surface area contributed by atoms with E-state index in [4.69, 9.17) is 4.74 Å². The van der Waals surface area contributed by atoms with Crippen molar-refractivity contribution >= 4 is 0 Å². The molecule has 1 saturated heterocycles. The van der Waals surface area contributed by atoms with Gasteiger partial charge in [0, 0.05) is 24.7 Å². The number of hydrogen-bond donors (Lipinski definition) is 3. The first-order valence-corrected chi connectivity index (χ1v) is 7.75. The van der Waals surface area contributed by atoms with Crippen LogP contribution in [0.2, 0.25) is 0 Å². The van der Waals surface area contributed by atoms with E-state index in [2.05, 4.69) is 23.1 Å². The molecule has 1 saturated carbocycles. The van der Waals surface area contributed by atoms with E-state index in [9.17, 15) is 0 Å². The molecule has 0 bridgehead atoms. The third-order valence-corrected chi connectivity index (χ3v) is 4.47. The minimum absolute atomic E-state index is 0.359. The second-order valence-electron chi connectivity index (χ2n) is 6.03. The Labute approximate surface area is 121 Å². The van der Waals surface area contributed by atoms with Crippen LogP contribution >= 0.6 is 0 Å². The first-order valence-electron chi connectivity index (χ1n) is 7.75. The summed E-state index contributed by atoms with van der Waals surface area (Å²) in [5.41, 5.74) is 6.86. The van der Waals surface area contributed by atoms with Crippen LogP contribution in [0, 0.1) is 5.92 Å². The Bertz CT molecular complexity index is 411. The molecule has 0 radical (unpaired) electrons. The first kappa shape index (κ1) is 13.9. The molecule has 20 heavy (non-hydrogen) atoms. The van der Waals surface area contributed by atoms with Crippen molar-refractivity contribution < 1.29 is 4.74 Å². The van der Waals surface area contributed by atoms with Crippen molar-refractivity contribution in [3.05, 3.63) is 30.3 Å². The van der Waals surface area contributed by atoms with E-state index in [0.717, 1.165) is 18.2 Å². The van der Waals surface area contributed by atoms with E-state index in [0.29, 0.717) is 24.7 Å². The van der Waals surface area contributed by atoms with Crippen LogP contribution in [0.15, 0.2) is 30.3 Å². The summed E-state index contributed by atoms with van der Waals surface area (Å²) in [7, 11) is 0. The van der Waals surface area contributed by atoms with Gasteiger partial charge in [0.25, 0.3) is 0 Å². The maximum atomic E-state index is 5.77. The molecule has 1 aliphatic heterocycles. The van der Waals surface area contributed by atoms with Crippen LogP contribution in [0.5, 0.6) is 5.75 Å². The van der Waals surface area contributed by atoms with E-state index in [1.54, 1.807) is 0 Å². The molecule has 3 N–H and O–H groups in total. The van der Waals surface area contributed by atoms with Crippen LogP contribution in [0.25, 0.3) is 0 Å². The van der Waals surface area contributed by atoms with Crippen LogP contribution in [0.1, 0.15) is 26.2 Å². The standard InChI is InChI=1S/C16H25N3O/c1-12(11-20-13-6-3-2-4-7-13)17-10-16-14-8-5-9-15(14)18-19-16/h2-4,6-7,12,14-19H,5,8-11H2,1H3. The van der Waals surface area contributed by atoms with Crippen LogP contribution < -0.4 is 20.9 Å². The van der Waals surface area contributed by atoms with Gasteiger partial charge in [-0.1, -0.05) is 24.6 Å². The Morgan fingerprint density at radius 3 is 2.95 bits per heavy atom. The predicted molar refractivity (Wildman–Crippen MR) is 80.6 cm³/mol. The smallest absolute Gasteiger partial charge is 0.119 e. The third-order valence-electron chi connectivity index (χ3n) is 4.47. The van der Waals surface area contributed by atoms with Crippen molar-refractivity contribution in [3.8, 4) is 5.75 Å². The van der Waals surface area contributed by atoms with Crippen molar-refractivity contribution in [1.29, 1.82) is 0 Å². The highest BCUT2D eigenvalue weighted by Crippen LogP contribution is 2.31. The van der Waals surface area contributed by atoms with Gasteiger partial charge in [-0.25, -0.2) is 0 Å². The lowest BCUT2D eigenvalue weighted by atomic mass is 9.97. The largest absolute Gasteiger partial charge is 0.492 e. The lowest BCUT2D eigenvalue weighted by molar-refractivity contribution is 0.265. The van der Waals surface area contributed by atoms with Gasteiger partial charge in [0.2, 0.25) is 0 Å². The quantitative estimate of drug-likeness (QED) is 0.739. The van der Waals surface area contributed by atoms with Gasteiger partial charge in [-0.05, 0) is 37.8 Å². The van der Waals surface area contributed by atoms with Crippen LogP contribution in [-0.4, -0.2) is 31.3 Å². The molecule has 0 amide bonds. The number of benzene rings is 1. The fraction of sp³-hybridized carbons (Fsp3) is 0.625. The van der Waals surface area contributed by atoms with Gasteiger partial charge < -0.3 is 10.1 Å². The highest BCUT2D eigenvalue weighted by atomic mass is 16.5. The van der Waals surface area contributed by atoms with Crippen molar-refractivity contribution in [3.63, 3.8) is 0 Å². The molecule has 3 rings (SSSR count). The maximum Gasteiger partial charge on any atom is 0.119 e. The molecule has 2 fully saturated rings. The summed E-state index contributed by atoms with van der Waals surface area (Å²) in [6.07, 6.45) is 4.04. The molecule has 4 heteroatoms. The van der Waals surface area contributed by atoms with Crippen molar-refractivity contribution in [2.24, 2.45) is 5.92 Å². The van der Waals surface area contributed by atoms with Gasteiger partial charge in [0.15, 0.2) is 0 Å². The van der Waals surface area contributed by atoms with Crippen LogP contribution in [0.3, 0.4) is 0 Å². The molecule has 1 aromatic carbocycles. The Morgan fingerprint density at radius 1 is 1.25 bits per heavy atom. The fourth-order valence-electron chi connectivity index (χ4n) is 3.30. The summed E-state index contributed by atoms with van der Waals surface area (Å²) in [5, 5.41) is 3.58. The number of para-hydroxylation sites is 1. The molecule has 1 aliphatic carbocycles. The fourth-order valence-corrected chi connectivity index (χ4v) is 3.30. The molecule has 0 aromatic heterocycles. The molecule has 110 valence electrons. The van der Waals surface area contributed by atoms with Crippen LogP contribution in [-0.2, 0) is 0 Å². The molecule has 1 heterocycles. The second-order valence-corrected chi connectivity index (χ2v) is 6.03. The monoisotopic (exact) mass is 275 g/mol. The minimum Gasteiger partial charge on any atom is -0.492 e. The van der Waals surface area contributed by atoms with E-state index < -0.39 is 0 Å². The van der Waals surface area contributed by atoms with E-state index in [1.807, 2.05) is 30.3 Å². The van der Waals surface area contributed by atoms with Gasteiger partial charge >= 0.3 is 0 Å². The lowest BCUT2D eigenvalue weighted by Crippen LogP contribution is -2.44. The molecule has 4 nitrogen and oxygen atoms in total. The molecule has 4 unspecified atom stereocenters. The maximum absolute atomic E-state index is 5.77. The average Bonchev–Trinajstić information content (AvgIpc) is 3.07. The van der Waals surface area contributed by atoms with Gasteiger partial charge in [-0.15, -0.1) is 0 Å². The van der Waals surface area contributed by atoms with Crippen molar-refractivity contribution in [1.82, 2.24) is 16.2 Å². The Kier molecular flexibility index (Phi) is 4.55. The summed E-state index contributed by atoms with van der Waals surface area (Å²) in [5.74, 6) is 1.74. The highest BCUT2D eigenvalue weighted by molar-refractivity contribution is 5.20. The van der Waals surface area contributed by atoms with E-state index in [-0.39, 0.29) is 0 Å². The average molecular weight is 275 g/mol. The zero-order valence-electron chi connectivity index (χ0n) is 12.1. The van der Waals surface area contributed by atoms with E-state index >= 15 is 0 Å². The molecular formula is C16H25N3O. The van der Waals surface area contributed by atoms with Crippen LogP contribution in [0.4, 0.5) is 0 Å². The highest BCUT2D eigenvalue weighted by Gasteiger charge is 2.38. The van der Waals surface area contributed by atoms with Crippen molar-refractivity contribution in [2.75, 3.05) is 13.2 Å². The number of ether oxygens (including phenoxy) is 1. The summed E-state index contributed by atoms with van der Waals surface area (Å²) in [4.78, 5) is 0. The lowest BCUT2D eigenvalue weighted by Gasteiger charge is -2.21. The number of rotatable bonds is 6. The topological polar surface area (TPSA) is 45.3 Å². The number of hydrogen-bond acceptors (Lipinski definition) is 4. The summed E-state index contributed by atoms with van der Waals surface area (Å²) >= 11 is 0. The summed E-state index contributed by atoms with van der Waals surface area (Å²) in [6.45, 7) is 3.89. The molecule has 4 atom stereocenters. The van der Waals surface area contributed by atoms with E-state index in [1.165, 1.54) is 19.3 Å². The second kappa shape index (κ2) is 6.57. The molecule has 1 aromatic rings. The van der Waals surface area contributed by atoms with Crippen molar-refractivity contribution in [2.45, 2.75) is 44.3 Å². The Hall–Kier alpha value is -1.10. The first-order chi connectivity index (χ1) is 9.83. The van der Waals surface area contributed by atoms with Gasteiger partial charge in [0.05, 0.1) is 0 Å². The molecule has 2 aliphatic rings. The van der Waals surface area contributed by atoms with Gasteiger partial charge in [0.1, 0.15) is 12.4 Å². The van der Waals surface area contributed by atoms with Gasteiger partial charge in [-0.3, -0.25) is 10.9 Å². The normalized spacial score (nSPS) is 30.1. The summed E-state index contributed by atoms with van der Waals surface area (Å²) in [6, 6.07) is 11.6. The molecule has 0 spiro atoms. The molecular weight excluding hydrogens is 250 g/mol. The van der Waals surface area contributed by atoms with Gasteiger partial charge in [-0.2, -0.15) is 0 Å². The minimum atomic E-state index is 0.359. The number of hydrazine groups is 1. The predicted octanol–water partition coefficient (Wildman–Crippen LogP) is 1.69. The number of nitrogens with one attached hydrogen (secondary N) is 3. The zero-order chi connectivity index (χ0) is 13.8.